The Hall–Kier alpha value is -3.29. The van der Waals surface area contributed by atoms with Gasteiger partial charge in [-0.15, -0.1) is 0 Å². The van der Waals surface area contributed by atoms with Gasteiger partial charge in [0.1, 0.15) is 72.0 Å². The van der Waals surface area contributed by atoms with Gasteiger partial charge in [0.25, 0.3) is 0 Å². The van der Waals surface area contributed by atoms with Crippen molar-refractivity contribution in [2.45, 2.75) is 125 Å². The van der Waals surface area contributed by atoms with E-state index in [1.54, 1.807) is 69.3 Å². The van der Waals surface area contributed by atoms with Crippen LogP contribution in [0.2, 0.25) is 0 Å². The number of hydrogen-bond donors (Lipinski definition) is 12. The molecule has 2 fully saturated rings. The van der Waals surface area contributed by atoms with Gasteiger partial charge in [-0.1, -0.05) is 24.3 Å². The number of amides is 1. The number of alkyl carbamates (subject to hydrolysis) is 1. The monoisotopic (exact) mass is 843 g/mol. The van der Waals surface area contributed by atoms with Crippen LogP contribution in [0.5, 0.6) is 11.5 Å². The Bertz CT molecular complexity index is 1540. The maximum atomic E-state index is 12.6. The molecule has 2 aliphatic rings. The third-order valence-electron chi connectivity index (χ3n) is 9.93. The summed E-state index contributed by atoms with van der Waals surface area (Å²) in [5.74, 6) is 1.20. The zero-order valence-electron chi connectivity index (χ0n) is 33.7. The van der Waals surface area contributed by atoms with Gasteiger partial charge in [-0.25, -0.2) is 4.79 Å². The Balaban J connectivity index is 1.64. The largest absolute Gasteiger partial charge is 0.497 e. The third-order valence-corrected chi connectivity index (χ3v) is 9.93. The van der Waals surface area contributed by atoms with Gasteiger partial charge in [0.2, 0.25) is 0 Å². The van der Waals surface area contributed by atoms with Crippen LogP contribution in [-0.2, 0) is 36.8 Å². The molecule has 20 nitrogen and oxygen atoms in total. The van der Waals surface area contributed by atoms with Gasteiger partial charge in [-0.05, 0) is 56.2 Å². The molecular weight excluding hydrogens is 782 g/mol. The van der Waals surface area contributed by atoms with Crippen LogP contribution in [0, 0.1) is 0 Å². The number of nitrogens with one attached hydrogen (secondary N) is 3. The first-order chi connectivity index (χ1) is 28.1. The molecule has 0 bridgehead atoms. The van der Waals surface area contributed by atoms with Crippen LogP contribution in [0.3, 0.4) is 0 Å². The van der Waals surface area contributed by atoms with Crippen molar-refractivity contribution in [2.24, 2.45) is 0 Å². The second kappa shape index (κ2) is 22.5. The quantitative estimate of drug-likeness (QED) is 0.0641. The van der Waals surface area contributed by atoms with E-state index in [1.807, 2.05) is 0 Å². The molecule has 0 radical (unpaired) electrons. The summed E-state index contributed by atoms with van der Waals surface area (Å²) in [6, 6.07) is 9.97. The van der Waals surface area contributed by atoms with Crippen molar-refractivity contribution < 1.29 is 83.9 Å². The van der Waals surface area contributed by atoms with E-state index in [9.17, 15) is 50.8 Å². The van der Waals surface area contributed by atoms with Gasteiger partial charge in [0, 0.05) is 13.1 Å². The Morgan fingerprint density at radius 1 is 0.729 bits per heavy atom. The van der Waals surface area contributed by atoms with Gasteiger partial charge >= 0.3 is 6.09 Å². The molecule has 2 heterocycles. The number of hydrogen-bond acceptors (Lipinski definition) is 19. The van der Waals surface area contributed by atoms with Gasteiger partial charge in [0.15, 0.2) is 12.6 Å². The van der Waals surface area contributed by atoms with Crippen LogP contribution in [0.4, 0.5) is 4.79 Å². The van der Waals surface area contributed by atoms with Crippen LogP contribution in [0.1, 0.15) is 31.9 Å². The summed E-state index contributed by atoms with van der Waals surface area (Å²) in [5.41, 5.74) is 0.530. The number of carbonyl (C=O) groups is 1. The highest BCUT2D eigenvalue weighted by Gasteiger charge is 2.52. The highest BCUT2D eigenvalue weighted by Crippen LogP contribution is 2.31. The van der Waals surface area contributed by atoms with Crippen LogP contribution in [-0.4, -0.2) is 184 Å². The number of benzene rings is 2. The maximum Gasteiger partial charge on any atom is 0.408 e. The van der Waals surface area contributed by atoms with Crippen LogP contribution < -0.4 is 25.4 Å². The molecule has 0 aromatic heterocycles. The predicted octanol–water partition coefficient (Wildman–Crippen LogP) is -2.79. The van der Waals surface area contributed by atoms with E-state index in [0.29, 0.717) is 17.1 Å². The van der Waals surface area contributed by atoms with E-state index in [2.05, 4.69) is 16.0 Å². The van der Waals surface area contributed by atoms with Gasteiger partial charge in [-0.2, -0.15) is 0 Å². The van der Waals surface area contributed by atoms with E-state index in [4.69, 9.17) is 33.2 Å². The van der Waals surface area contributed by atoms with Crippen molar-refractivity contribution in [3.05, 3.63) is 59.7 Å². The smallest absolute Gasteiger partial charge is 0.408 e. The lowest BCUT2D eigenvalue weighted by Gasteiger charge is -2.49. The van der Waals surface area contributed by atoms with E-state index >= 15 is 0 Å². The van der Waals surface area contributed by atoms with Crippen LogP contribution in [0.25, 0.3) is 0 Å². The van der Waals surface area contributed by atoms with E-state index in [-0.39, 0.29) is 13.1 Å². The number of aliphatic hydroxyl groups is 9. The molecule has 59 heavy (non-hydrogen) atoms. The molecule has 14 atom stereocenters. The topological polar surface area (TPSA) is 300 Å². The fourth-order valence-corrected chi connectivity index (χ4v) is 6.68. The molecule has 4 rings (SSSR count). The molecule has 0 aliphatic carbocycles. The first kappa shape index (κ1) is 48.4. The van der Waals surface area contributed by atoms with E-state index in [0.717, 1.165) is 5.56 Å². The second-order valence-electron chi connectivity index (χ2n) is 15.3. The van der Waals surface area contributed by atoms with Crippen molar-refractivity contribution in [1.82, 2.24) is 16.0 Å². The summed E-state index contributed by atoms with van der Waals surface area (Å²) in [4.78, 5) is 12.6. The number of methoxy groups -OCH3 is 2. The highest BCUT2D eigenvalue weighted by molar-refractivity contribution is 5.68. The lowest BCUT2D eigenvalue weighted by molar-refractivity contribution is -0.343. The Morgan fingerprint density at radius 2 is 1.24 bits per heavy atom. The molecule has 2 aliphatic heterocycles. The zero-order chi connectivity index (χ0) is 43.4. The van der Waals surface area contributed by atoms with Crippen molar-refractivity contribution in [3.63, 3.8) is 0 Å². The summed E-state index contributed by atoms with van der Waals surface area (Å²) in [6.07, 6.45) is -18.6. The van der Waals surface area contributed by atoms with E-state index < -0.39 is 124 Å². The van der Waals surface area contributed by atoms with E-state index in [1.165, 1.54) is 14.2 Å². The minimum absolute atomic E-state index is 0.0597. The first-order valence-corrected chi connectivity index (χ1v) is 19.3. The van der Waals surface area contributed by atoms with Crippen molar-refractivity contribution >= 4 is 6.09 Å². The fraction of sp³-hybridized carbons (Fsp3) is 0.667. The molecule has 334 valence electrons. The normalized spacial score (nSPS) is 29.5. The minimum atomic E-state index is -1.91. The lowest BCUT2D eigenvalue weighted by Crippen LogP contribution is -2.69. The zero-order valence-corrected chi connectivity index (χ0v) is 33.7. The highest BCUT2D eigenvalue weighted by atomic mass is 16.7. The molecular formula is C39H61N3O17. The summed E-state index contributed by atoms with van der Waals surface area (Å²) in [6.45, 7) is 1.71. The molecule has 0 spiro atoms. The molecule has 2 saturated heterocycles. The average Bonchev–Trinajstić information content (AvgIpc) is 3.22. The summed E-state index contributed by atoms with van der Waals surface area (Å²) in [7, 11) is 3.04. The molecule has 6 unspecified atom stereocenters. The van der Waals surface area contributed by atoms with Crippen molar-refractivity contribution in [1.29, 1.82) is 0 Å². The minimum Gasteiger partial charge on any atom is -0.497 e. The SMILES string of the molecule is COc1ccc(CNC2[C@H](O[C@@H]3C(CO)O[C@@H](O[C@H](C(O)CO)[C@@H](O)C(CO)NC(=O)OC(C)(C)C)C(NCc4ccc(OC)cc4)[C@@H]3O)OC(CO)[C@@H](O)[C@H]2O)cc1. The van der Waals surface area contributed by atoms with Gasteiger partial charge < -0.3 is 95.1 Å². The molecule has 2 aromatic carbocycles. The molecule has 20 heteroatoms. The third kappa shape index (κ3) is 13.1. The Morgan fingerprint density at radius 3 is 1.69 bits per heavy atom. The van der Waals surface area contributed by atoms with Gasteiger partial charge in [-0.3, -0.25) is 0 Å². The maximum absolute atomic E-state index is 12.6. The number of carbonyl (C=O) groups excluding carboxylic acids is 1. The molecule has 2 aromatic rings. The van der Waals surface area contributed by atoms with Crippen LogP contribution >= 0.6 is 0 Å². The summed E-state index contributed by atoms with van der Waals surface area (Å²) >= 11 is 0. The van der Waals surface area contributed by atoms with Gasteiger partial charge in [0.05, 0.1) is 58.8 Å². The number of rotatable bonds is 20. The second-order valence-corrected chi connectivity index (χ2v) is 15.3. The molecule has 1 amide bonds. The Labute approximate surface area is 342 Å². The van der Waals surface area contributed by atoms with Crippen molar-refractivity contribution in [3.8, 4) is 11.5 Å². The number of ether oxygens (including phenoxy) is 7. The summed E-state index contributed by atoms with van der Waals surface area (Å²) in [5, 5.41) is 106. The van der Waals surface area contributed by atoms with Crippen molar-refractivity contribution in [2.75, 3.05) is 40.6 Å². The summed E-state index contributed by atoms with van der Waals surface area (Å²) < 4.78 is 40.1. The lowest BCUT2D eigenvalue weighted by atomic mass is 9.94. The number of aliphatic hydroxyl groups excluding tert-OH is 9. The standard InChI is InChI=1S/C39H61N3O17/c1-39(2,3)59-38(52)42-24(16-43)30(48)34(25(47)17-44)57-37-29(41-15-21-8-12-23(54-5)13-9-21)33(51)35(27(19-46)56-37)58-36-28(32(50)31(49)26(18-45)55-36)40-14-20-6-10-22(53-4)11-7-20/h6-13,24-37,40-41,43-51H,14-19H2,1-5H3,(H,42,52)/t24?,25?,26?,27?,28?,29?,30-,31+,32-,33-,34+,35+,36-,37-/m0/s1. The predicted molar refractivity (Wildman–Crippen MR) is 206 cm³/mol. The first-order valence-electron chi connectivity index (χ1n) is 19.3. The molecule has 0 saturated carbocycles. The van der Waals surface area contributed by atoms with Crippen LogP contribution in [0.15, 0.2) is 48.5 Å². The fourth-order valence-electron chi connectivity index (χ4n) is 6.68. The molecule has 12 N–H and O–H groups in total. The average molecular weight is 844 g/mol. The Kier molecular flexibility index (Phi) is 18.5.